The van der Waals surface area contributed by atoms with Gasteiger partial charge in [0.15, 0.2) is 0 Å². The van der Waals surface area contributed by atoms with Crippen molar-refractivity contribution in [1.82, 2.24) is 5.32 Å². The normalized spacial score (nSPS) is 22.5. The van der Waals surface area contributed by atoms with Gasteiger partial charge in [-0.2, -0.15) is 0 Å². The fourth-order valence-corrected chi connectivity index (χ4v) is 3.70. The number of carbonyl (C=O) groups is 2. The van der Waals surface area contributed by atoms with Crippen molar-refractivity contribution >= 4 is 29.1 Å². The number of hydrogen-bond donors (Lipinski definition) is 1. The molecule has 1 aromatic carbocycles. The first-order valence-corrected chi connectivity index (χ1v) is 8.98. The fourth-order valence-electron chi connectivity index (χ4n) is 3.53. The molecule has 0 aromatic heterocycles. The molecule has 1 atom stereocenters. The van der Waals surface area contributed by atoms with Crippen LogP contribution in [0.3, 0.4) is 0 Å². The van der Waals surface area contributed by atoms with Gasteiger partial charge in [-0.3, -0.25) is 9.59 Å². The van der Waals surface area contributed by atoms with Crippen molar-refractivity contribution in [2.75, 3.05) is 11.4 Å². The maximum Gasteiger partial charge on any atom is 0.227 e. The minimum atomic E-state index is -0.519. The zero-order chi connectivity index (χ0) is 17.1. The van der Waals surface area contributed by atoms with E-state index < -0.39 is 5.82 Å². The third-order valence-corrected chi connectivity index (χ3v) is 5.20. The number of carbonyl (C=O) groups excluding carboxylic acids is 2. The number of hydrogen-bond acceptors (Lipinski definition) is 2. The van der Waals surface area contributed by atoms with Crippen molar-refractivity contribution in [2.24, 2.45) is 5.92 Å². The number of anilines is 1. The van der Waals surface area contributed by atoms with Gasteiger partial charge in [0.1, 0.15) is 5.82 Å². The van der Waals surface area contributed by atoms with Crippen LogP contribution < -0.4 is 10.2 Å². The first kappa shape index (κ1) is 17.2. The SMILES string of the molecule is O=C(NC1CCCCCC1)C1CC(=O)N(c2ccc(F)c(Cl)c2)C1. The Kier molecular flexibility index (Phi) is 5.39. The monoisotopic (exact) mass is 352 g/mol. The number of amides is 2. The quantitative estimate of drug-likeness (QED) is 0.844. The molecule has 1 aliphatic carbocycles. The molecule has 1 heterocycles. The van der Waals surface area contributed by atoms with E-state index in [0.29, 0.717) is 12.2 Å². The lowest BCUT2D eigenvalue weighted by Gasteiger charge is -2.20. The van der Waals surface area contributed by atoms with E-state index >= 15 is 0 Å². The highest BCUT2D eigenvalue weighted by molar-refractivity contribution is 6.31. The molecule has 1 unspecified atom stereocenters. The number of rotatable bonds is 3. The molecule has 1 aliphatic heterocycles. The summed E-state index contributed by atoms with van der Waals surface area (Å²) in [5.41, 5.74) is 0.538. The van der Waals surface area contributed by atoms with Crippen LogP contribution in [0, 0.1) is 11.7 Å². The van der Waals surface area contributed by atoms with Gasteiger partial charge in [-0.1, -0.05) is 37.3 Å². The van der Waals surface area contributed by atoms with Crippen LogP contribution in [0.4, 0.5) is 10.1 Å². The van der Waals surface area contributed by atoms with E-state index in [1.165, 1.54) is 35.9 Å². The van der Waals surface area contributed by atoms with E-state index in [4.69, 9.17) is 11.6 Å². The lowest BCUT2D eigenvalue weighted by atomic mass is 10.0. The molecule has 1 saturated heterocycles. The van der Waals surface area contributed by atoms with Gasteiger partial charge in [-0.05, 0) is 31.0 Å². The average Bonchev–Trinajstić information content (AvgIpc) is 2.77. The lowest BCUT2D eigenvalue weighted by molar-refractivity contribution is -0.127. The summed E-state index contributed by atoms with van der Waals surface area (Å²) in [6, 6.07) is 4.42. The van der Waals surface area contributed by atoms with Crippen molar-refractivity contribution in [3.8, 4) is 0 Å². The summed E-state index contributed by atoms with van der Waals surface area (Å²) in [6.07, 6.45) is 6.98. The van der Waals surface area contributed by atoms with Crippen LogP contribution in [0.1, 0.15) is 44.9 Å². The molecule has 2 amide bonds. The minimum absolute atomic E-state index is 0.0216. The second-order valence-electron chi connectivity index (χ2n) is 6.70. The Morgan fingerprint density at radius 3 is 2.58 bits per heavy atom. The third kappa shape index (κ3) is 3.89. The van der Waals surface area contributed by atoms with Crippen LogP contribution >= 0.6 is 11.6 Å². The molecule has 1 aromatic rings. The molecule has 1 saturated carbocycles. The average molecular weight is 353 g/mol. The Hall–Kier alpha value is -1.62. The van der Waals surface area contributed by atoms with Crippen molar-refractivity contribution in [3.05, 3.63) is 29.0 Å². The van der Waals surface area contributed by atoms with Gasteiger partial charge in [0.05, 0.1) is 10.9 Å². The molecule has 2 aliphatic rings. The molecule has 0 spiro atoms. The Bertz CT molecular complexity index is 629. The highest BCUT2D eigenvalue weighted by atomic mass is 35.5. The second kappa shape index (κ2) is 7.51. The van der Waals surface area contributed by atoms with Crippen molar-refractivity contribution in [1.29, 1.82) is 0 Å². The molecule has 2 fully saturated rings. The predicted molar refractivity (Wildman–Crippen MR) is 91.5 cm³/mol. The van der Waals surface area contributed by atoms with Crippen molar-refractivity contribution in [3.63, 3.8) is 0 Å². The molecule has 1 N–H and O–H groups in total. The molecule has 4 nitrogen and oxygen atoms in total. The number of halogens is 2. The summed E-state index contributed by atoms with van der Waals surface area (Å²) in [5, 5.41) is 3.09. The van der Waals surface area contributed by atoms with Gasteiger partial charge in [-0.15, -0.1) is 0 Å². The van der Waals surface area contributed by atoms with Gasteiger partial charge in [0.25, 0.3) is 0 Å². The zero-order valence-corrected chi connectivity index (χ0v) is 14.3. The van der Waals surface area contributed by atoms with Gasteiger partial charge >= 0.3 is 0 Å². The van der Waals surface area contributed by atoms with Gasteiger partial charge < -0.3 is 10.2 Å². The minimum Gasteiger partial charge on any atom is -0.353 e. The standard InChI is InChI=1S/C18H22ClFN2O2/c19-15-10-14(7-8-16(15)20)22-11-12(9-17(22)23)18(24)21-13-5-3-1-2-4-6-13/h7-8,10,12-13H,1-6,9,11H2,(H,21,24). The van der Waals surface area contributed by atoms with Crippen LogP contribution in [-0.4, -0.2) is 24.4 Å². The summed E-state index contributed by atoms with van der Waals surface area (Å²) >= 11 is 5.79. The third-order valence-electron chi connectivity index (χ3n) is 4.91. The zero-order valence-electron chi connectivity index (χ0n) is 13.6. The summed E-state index contributed by atoms with van der Waals surface area (Å²) in [4.78, 5) is 26.3. The number of benzene rings is 1. The van der Waals surface area contributed by atoms with E-state index in [1.807, 2.05) is 0 Å². The highest BCUT2D eigenvalue weighted by Crippen LogP contribution is 2.29. The first-order valence-electron chi connectivity index (χ1n) is 8.60. The van der Waals surface area contributed by atoms with Gasteiger partial charge in [0, 0.05) is 24.7 Å². The molecular weight excluding hydrogens is 331 g/mol. The van der Waals surface area contributed by atoms with E-state index in [1.54, 1.807) is 0 Å². The lowest BCUT2D eigenvalue weighted by Crippen LogP contribution is -2.39. The molecular formula is C18H22ClFN2O2. The molecule has 0 radical (unpaired) electrons. The fraction of sp³-hybridized carbons (Fsp3) is 0.556. The van der Waals surface area contributed by atoms with Crippen molar-refractivity contribution in [2.45, 2.75) is 51.0 Å². The number of nitrogens with zero attached hydrogens (tertiary/aromatic N) is 1. The Morgan fingerprint density at radius 2 is 1.92 bits per heavy atom. The van der Waals surface area contributed by atoms with E-state index in [0.717, 1.165) is 25.7 Å². The molecule has 0 bridgehead atoms. The van der Waals surface area contributed by atoms with Crippen LogP contribution in [0.5, 0.6) is 0 Å². The maximum absolute atomic E-state index is 13.3. The van der Waals surface area contributed by atoms with Crippen molar-refractivity contribution < 1.29 is 14.0 Å². The van der Waals surface area contributed by atoms with Crippen LogP contribution in [0.15, 0.2) is 18.2 Å². The Balaban J connectivity index is 1.63. The second-order valence-corrected chi connectivity index (χ2v) is 7.11. The predicted octanol–water partition coefficient (Wildman–Crippen LogP) is 3.67. The molecule has 3 rings (SSSR count). The highest BCUT2D eigenvalue weighted by Gasteiger charge is 2.36. The van der Waals surface area contributed by atoms with Crippen LogP contribution in [-0.2, 0) is 9.59 Å². The van der Waals surface area contributed by atoms with Crippen LogP contribution in [0.25, 0.3) is 0 Å². The molecule has 24 heavy (non-hydrogen) atoms. The largest absolute Gasteiger partial charge is 0.353 e. The summed E-state index contributed by atoms with van der Waals surface area (Å²) < 4.78 is 13.3. The van der Waals surface area contributed by atoms with E-state index in [-0.39, 0.29) is 35.2 Å². The smallest absolute Gasteiger partial charge is 0.227 e. The van der Waals surface area contributed by atoms with Gasteiger partial charge in [-0.25, -0.2) is 4.39 Å². The maximum atomic E-state index is 13.3. The summed E-state index contributed by atoms with van der Waals surface area (Å²) in [6.45, 7) is 0.319. The van der Waals surface area contributed by atoms with Gasteiger partial charge in [0.2, 0.25) is 11.8 Å². The first-order chi connectivity index (χ1) is 11.5. The summed E-state index contributed by atoms with van der Waals surface area (Å²) in [7, 11) is 0. The Morgan fingerprint density at radius 1 is 1.21 bits per heavy atom. The Labute approximate surface area is 146 Å². The summed E-state index contributed by atoms with van der Waals surface area (Å²) in [5.74, 6) is -1.05. The van der Waals surface area contributed by atoms with E-state index in [9.17, 15) is 14.0 Å². The molecule has 130 valence electrons. The number of nitrogens with one attached hydrogen (secondary N) is 1. The van der Waals surface area contributed by atoms with Crippen LogP contribution in [0.2, 0.25) is 5.02 Å². The molecule has 6 heteroatoms. The topological polar surface area (TPSA) is 49.4 Å². The van der Waals surface area contributed by atoms with E-state index in [2.05, 4.69) is 5.32 Å².